The summed E-state index contributed by atoms with van der Waals surface area (Å²) in [4.78, 5) is 0. The Kier molecular flexibility index (Phi) is 3.40. The number of allylic oxidation sites excluding steroid dienone is 2. The second-order valence-corrected chi connectivity index (χ2v) is 6.56. The molecule has 98 valence electrons. The maximum atomic E-state index is 2.50. The molecule has 0 nitrogen and oxygen atoms in total. The highest BCUT2D eigenvalue weighted by molar-refractivity contribution is 5.57. The van der Waals surface area contributed by atoms with Crippen molar-refractivity contribution in [1.29, 1.82) is 0 Å². The monoisotopic (exact) mass is 242 g/mol. The number of fused-ring (bicyclic) bond motifs is 1. The van der Waals surface area contributed by atoms with E-state index in [2.05, 4.69) is 65.0 Å². The lowest BCUT2D eigenvalue weighted by Crippen LogP contribution is -2.23. The maximum absolute atomic E-state index is 2.50. The lowest BCUT2D eigenvalue weighted by atomic mass is 9.75. The molecule has 0 fully saturated rings. The van der Waals surface area contributed by atoms with Gasteiger partial charge in [-0.3, -0.25) is 0 Å². The molecule has 18 heavy (non-hydrogen) atoms. The van der Waals surface area contributed by atoms with Crippen LogP contribution < -0.4 is 0 Å². The number of benzene rings is 1. The van der Waals surface area contributed by atoms with Crippen LogP contribution in [0.5, 0.6) is 0 Å². The smallest absolute Gasteiger partial charge is 0.0117 e. The van der Waals surface area contributed by atoms with Gasteiger partial charge in [0.2, 0.25) is 0 Å². The lowest BCUT2D eigenvalue weighted by Gasteiger charge is -2.29. The van der Waals surface area contributed by atoms with Gasteiger partial charge in [-0.1, -0.05) is 83.4 Å². The minimum absolute atomic E-state index is 0.188. The zero-order valence-corrected chi connectivity index (χ0v) is 12.5. The van der Waals surface area contributed by atoms with Crippen LogP contribution in [-0.4, -0.2) is 0 Å². The second kappa shape index (κ2) is 4.57. The molecule has 0 saturated heterocycles. The van der Waals surface area contributed by atoms with E-state index in [9.17, 15) is 0 Å². The molecule has 0 heterocycles. The van der Waals surface area contributed by atoms with Gasteiger partial charge in [-0.15, -0.1) is 0 Å². The van der Waals surface area contributed by atoms with Crippen molar-refractivity contribution < 1.29 is 0 Å². The number of hydrogen-bond donors (Lipinski definition) is 0. The predicted molar refractivity (Wildman–Crippen MR) is 80.1 cm³/mol. The summed E-state index contributed by atoms with van der Waals surface area (Å²) in [7, 11) is 0. The normalized spacial score (nSPS) is 19.7. The standard InChI is InChI=1S/C18H26/c1-6-7-8-13-16-17(2,3)14-11-9-10-12-15(14)18(16,4)5/h9-13H,6-8H2,1-5H3. The molecule has 0 radical (unpaired) electrons. The molecule has 2 rings (SSSR count). The van der Waals surface area contributed by atoms with Crippen LogP contribution in [-0.2, 0) is 10.8 Å². The van der Waals surface area contributed by atoms with Crippen molar-refractivity contribution in [3.8, 4) is 0 Å². The topological polar surface area (TPSA) is 0 Å². The number of unbranched alkanes of at least 4 members (excludes halogenated alkanes) is 2. The van der Waals surface area contributed by atoms with Crippen molar-refractivity contribution in [3.05, 3.63) is 47.0 Å². The summed E-state index contributed by atoms with van der Waals surface area (Å²) in [6.45, 7) is 11.8. The first-order valence-electron chi connectivity index (χ1n) is 7.23. The van der Waals surface area contributed by atoms with Gasteiger partial charge in [0.15, 0.2) is 0 Å². The fourth-order valence-electron chi connectivity index (χ4n) is 3.61. The van der Waals surface area contributed by atoms with Crippen molar-refractivity contribution in [2.45, 2.75) is 64.7 Å². The molecule has 0 aromatic heterocycles. The number of rotatable bonds is 3. The van der Waals surface area contributed by atoms with Crippen LogP contribution in [0.25, 0.3) is 0 Å². The first-order chi connectivity index (χ1) is 8.42. The van der Waals surface area contributed by atoms with Crippen molar-refractivity contribution in [2.24, 2.45) is 0 Å². The Hall–Kier alpha value is -1.04. The number of hydrogen-bond acceptors (Lipinski definition) is 0. The third-order valence-corrected chi connectivity index (χ3v) is 4.53. The van der Waals surface area contributed by atoms with E-state index in [1.165, 1.54) is 30.4 Å². The SMILES string of the molecule is CCCCC=C1C(C)(C)c2ccccc2C1(C)C. The molecule has 0 N–H and O–H groups in total. The van der Waals surface area contributed by atoms with Crippen molar-refractivity contribution >= 4 is 0 Å². The largest absolute Gasteiger partial charge is 0.0836 e. The Morgan fingerprint density at radius 3 is 1.89 bits per heavy atom. The molecule has 1 aromatic rings. The van der Waals surface area contributed by atoms with Gasteiger partial charge < -0.3 is 0 Å². The average molecular weight is 242 g/mol. The van der Waals surface area contributed by atoms with Crippen molar-refractivity contribution in [1.82, 2.24) is 0 Å². The minimum Gasteiger partial charge on any atom is -0.0836 e. The zero-order chi connectivity index (χ0) is 13.4. The van der Waals surface area contributed by atoms with Crippen LogP contribution in [0.1, 0.15) is 65.0 Å². The summed E-state index contributed by atoms with van der Waals surface area (Å²) in [5.41, 5.74) is 5.00. The first kappa shape index (κ1) is 13.4. The minimum atomic E-state index is 0.188. The molecule has 0 spiro atoms. The summed E-state index contributed by atoms with van der Waals surface area (Å²) >= 11 is 0. The third-order valence-electron chi connectivity index (χ3n) is 4.53. The summed E-state index contributed by atoms with van der Waals surface area (Å²) in [6, 6.07) is 8.95. The third kappa shape index (κ3) is 1.92. The van der Waals surface area contributed by atoms with Gasteiger partial charge in [0.05, 0.1) is 0 Å². The fourth-order valence-corrected chi connectivity index (χ4v) is 3.61. The molecular weight excluding hydrogens is 216 g/mol. The Morgan fingerprint density at radius 1 is 0.944 bits per heavy atom. The molecule has 0 heteroatoms. The Bertz CT molecular complexity index is 424. The lowest BCUT2D eigenvalue weighted by molar-refractivity contribution is 0.543. The molecule has 0 aliphatic heterocycles. The van der Waals surface area contributed by atoms with Crippen LogP contribution in [0, 0.1) is 0 Å². The van der Waals surface area contributed by atoms with Gasteiger partial charge in [0.25, 0.3) is 0 Å². The first-order valence-corrected chi connectivity index (χ1v) is 7.23. The summed E-state index contributed by atoms with van der Waals surface area (Å²) < 4.78 is 0. The average Bonchev–Trinajstić information content (AvgIpc) is 2.48. The summed E-state index contributed by atoms with van der Waals surface area (Å²) in [5, 5.41) is 0. The summed E-state index contributed by atoms with van der Waals surface area (Å²) in [5.74, 6) is 0. The van der Waals surface area contributed by atoms with E-state index in [0.29, 0.717) is 0 Å². The van der Waals surface area contributed by atoms with Crippen molar-refractivity contribution in [2.75, 3.05) is 0 Å². The van der Waals surface area contributed by atoms with Gasteiger partial charge in [0.1, 0.15) is 0 Å². The highest BCUT2D eigenvalue weighted by atomic mass is 14.5. The zero-order valence-electron chi connectivity index (χ0n) is 12.5. The van der Waals surface area contributed by atoms with Crippen LogP contribution in [0.15, 0.2) is 35.9 Å². The second-order valence-electron chi connectivity index (χ2n) is 6.56. The maximum Gasteiger partial charge on any atom is 0.0117 e. The Morgan fingerprint density at radius 2 is 1.44 bits per heavy atom. The Labute approximate surface area is 112 Å². The molecule has 0 saturated carbocycles. The molecule has 0 bridgehead atoms. The molecule has 1 aliphatic carbocycles. The molecular formula is C18H26. The molecule has 0 amide bonds. The van der Waals surface area contributed by atoms with Gasteiger partial charge in [-0.05, 0) is 17.5 Å². The van der Waals surface area contributed by atoms with Crippen molar-refractivity contribution in [3.63, 3.8) is 0 Å². The van der Waals surface area contributed by atoms with E-state index in [-0.39, 0.29) is 10.8 Å². The van der Waals surface area contributed by atoms with E-state index in [4.69, 9.17) is 0 Å². The predicted octanol–water partition coefficient (Wildman–Crippen LogP) is 5.37. The van der Waals surface area contributed by atoms with E-state index < -0.39 is 0 Å². The van der Waals surface area contributed by atoms with Gasteiger partial charge in [0, 0.05) is 10.8 Å². The van der Waals surface area contributed by atoms with E-state index in [1.54, 1.807) is 5.57 Å². The van der Waals surface area contributed by atoms with Gasteiger partial charge >= 0.3 is 0 Å². The van der Waals surface area contributed by atoms with Crippen LogP contribution in [0.4, 0.5) is 0 Å². The van der Waals surface area contributed by atoms with E-state index in [1.807, 2.05) is 0 Å². The van der Waals surface area contributed by atoms with E-state index in [0.717, 1.165) is 0 Å². The molecule has 1 aromatic carbocycles. The van der Waals surface area contributed by atoms with Crippen LogP contribution in [0.3, 0.4) is 0 Å². The highest BCUT2D eigenvalue weighted by Gasteiger charge is 2.45. The highest BCUT2D eigenvalue weighted by Crippen LogP contribution is 2.53. The van der Waals surface area contributed by atoms with Crippen LogP contribution >= 0.6 is 0 Å². The molecule has 1 aliphatic rings. The quantitative estimate of drug-likeness (QED) is 0.493. The fraction of sp³-hybridized carbons (Fsp3) is 0.556. The molecule has 0 unspecified atom stereocenters. The van der Waals surface area contributed by atoms with Crippen LogP contribution in [0.2, 0.25) is 0 Å². The van der Waals surface area contributed by atoms with Gasteiger partial charge in [-0.2, -0.15) is 0 Å². The van der Waals surface area contributed by atoms with E-state index >= 15 is 0 Å². The summed E-state index contributed by atoms with van der Waals surface area (Å²) in [6.07, 6.45) is 6.29. The van der Waals surface area contributed by atoms with Gasteiger partial charge in [-0.25, -0.2) is 0 Å². The Balaban J connectivity index is 2.48. The molecule has 0 atom stereocenters.